The van der Waals surface area contributed by atoms with Crippen molar-refractivity contribution >= 4 is 17.8 Å². The number of hydrogen-bond donors (Lipinski definition) is 1. The van der Waals surface area contributed by atoms with Crippen molar-refractivity contribution < 1.29 is 9.06 Å². The summed E-state index contributed by atoms with van der Waals surface area (Å²) in [6.07, 6.45) is 0. The van der Waals surface area contributed by atoms with Crippen molar-refractivity contribution in [1.29, 1.82) is 0 Å². The second-order valence-electron chi connectivity index (χ2n) is 3.21. The maximum Gasteiger partial charge on any atom is 0.396 e. The van der Waals surface area contributed by atoms with E-state index in [1.54, 1.807) is 0 Å². The molecule has 0 saturated carbocycles. The molecule has 0 aliphatic heterocycles. The van der Waals surface area contributed by atoms with E-state index in [0.717, 1.165) is 9.65 Å². The van der Waals surface area contributed by atoms with Gasteiger partial charge in [0.15, 0.2) is 0 Å². The molecule has 0 aliphatic carbocycles. The van der Waals surface area contributed by atoms with Crippen LogP contribution in [0.3, 0.4) is 0 Å². The zero-order valence-corrected chi connectivity index (χ0v) is 7.74. The first-order valence-corrected chi connectivity index (χ1v) is 3.35. The lowest BCUT2D eigenvalue weighted by molar-refractivity contribution is -0.798. The molecule has 0 spiro atoms. The van der Waals surface area contributed by atoms with Gasteiger partial charge in [0.05, 0.1) is 21.1 Å². The highest BCUT2D eigenvalue weighted by atomic mass is 32.1. The normalized spacial score (nSPS) is 11.3. The van der Waals surface area contributed by atoms with Gasteiger partial charge in [-0.05, 0) is 12.6 Å². The summed E-state index contributed by atoms with van der Waals surface area (Å²) in [5.74, 6) is 0. The van der Waals surface area contributed by atoms with Crippen molar-refractivity contribution in [3.63, 3.8) is 0 Å². The van der Waals surface area contributed by atoms with Gasteiger partial charge in [-0.15, -0.1) is 0 Å². The van der Waals surface area contributed by atoms with Gasteiger partial charge in [-0.3, -0.25) is 0 Å². The van der Waals surface area contributed by atoms with Crippen LogP contribution in [0.1, 0.15) is 0 Å². The van der Waals surface area contributed by atoms with Gasteiger partial charge in [-0.1, -0.05) is 0 Å². The highest BCUT2D eigenvalue weighted by molar-refractivity contribution is 7.96. The first kappa shape index (κ1) is 8.98. The second-order valence-corrected chi connectivity index (χ2v) is 3.61. The van der Waals surface area contributed by atoms with Gasteiger partial charge in [0.2, 0.25) is 0 Å². The van der Waals surface area contributed by atoms with E-state index < -0.39 is 0 Å². The molecule has 2 nitrogen and oxygen atoms in total. The lowest BCUT2D eigenvalue weighted by atomic mass is 10.7. The van der Waals surface area contributed by atoms with E-state index in [4.69, 9.17) is 0 Å². The van der Waals surface area contributed by atoms with E-state index in [1.807, 2.05) is 18.7 Å². The molecule has 0 aliphatic rings. The summed E-state index contributed by atoms with van der Waals surface area (Å²) in [5.41, 5.74) is 0. The van der Waals surface area contributed by atoms with E-state index >= 15 is 0 Å². The lowest BCUT2D eigenvalue weighted by Crippen LogP contribution is -2.42. The van der Waals surface area contributed by atoms with Crippen molar-refractivity contribution in [1.82, 2.24) is 0 Å². The Labute approximate surface area is 62.8 Å². The first-order chi connectivity index (χ1) is 3.85. The molecular formula is C6H16N2S+2. The number of rotatable bonds is 0. The molecule has 0 radical (unpaired) electrons. The van der Waals surface area contributed by atoms with Gasteiger partial charge in [0.1, 0.15) is 14.1 Å². The van der Waals surface area contributed by atoms with Crippen molar-refractivity contribution in [3.8, 4) is 0 Å². The maximum absolute atomic E-state index is 4.32. The molecule has 0 fully saturated rings. The number of amidine groups is 1. The Hall–Kier alpha value is -0.0200. The summed E-state index contributed by atoms with van der Waals surface area (Å²) in [4.78, 5) is 0. The third kappa shape index (κ3) is 2.87. The Morgan fingerprint density at radius 3 is 1.56 bits per heavy atom. The SMILES string of the molecule is C[N+](C)=C(S)[N+](C)(C)C. The van der Waals surface area contributed by atoms with E-state index in [1.165, 1.54) is 0 Å². The van der Waals surface area contributed by atoms with E-state index in [2.05, 4.69) is 33.8 Å². The van der Waals surface area contributed by atoms with Crippen molar-refractivity contribution in [2.24, 2.45) is 0 Å². The summed E-state index contributed by atoms with van der Waals surface area (Å²) < 4.78 is 2.78. The Balaban J connectivity index is 4.40. The van der Waals surface area contributed by atoms with E-state index in [9.17, 15) is 0 Å². The number of quaternary nitrogens is 1. The molecule has 0 aromatic carbocycles. The zero-order chi connectivity index (χ0) is 7.65. The van der Waals surface area contributed by atoms with Crippen LogP contribution in [0.2, 0.25) is 0 Å². The average molecular weight is 148 g/mol. The lowest BCUT2D eigenvalue weighted by Gasteiger charge is -2.17. The molecule has 0 rings (SSSR count). The van der Waals surface area contributed by atoms with Crippen LogP contribution in [0.25, 0.3) is 0 Å². The Bertz CT molecular complexity index is 128. The predicted molar refractivity (Wildman–Crippen MR) is 44.1 cm³/mol. The molecule has 0 unspecified atom stereocenters. The average Bonchev–Trinajstić information content (AvgIpc) is 1.62. The molecule has 0 N–H and O–H groups in total. The smallest absolute Gasteiger partial charge is 0.237 e. The Kier molecular flexibility index (Phi) is 2.70. The van der Waals surface area contributed by atoms with Gasteiger partial charge in [-0.25, -0.2) is 4.48 Å². The fourth-order valence-corrected chi connectivity index (χ4v) is 0.600. The zero-order valence-electron chi connectivity index (χ0n) is 6.84. The van der Waals surface area contributed by atoms with Crippen LogP contribution in [0.15, 0.2) is 0 Å². The number of nitrogens with zero attached hydrogens (tertiary/aromatic N) is 2. The molecule has 0 saturated heterocycles. The molecule has 0 atom stereocenters. The first-order valence-electron chi connectivity index (χ1n) is 2.91. The van der Waals surface area contributed by atoms with Crippen LogP contribution in [0.5, 0.6) is 0 Å². The fraction of sp³-hybridized carbons (Fsp3) is 0.833. The molecule has 0 heterocycles. The third-order valence-corrected chi connectivity index (χ3v) is 2.00. The van der Waals surface area contributed by atoms with Crippen molar-refractivity contribution in [2.75, 3.05) is 35.2 Å². The van der Waals surface area contributed by atoms with Crippen LogP contribution < -0.4 is 0 Å². The minimum Gasteiger partial charge on any atom is -0.237 e. The summed E-state index contributed by atoms with van der Waals surface area (Å²) in [7, 11) is 10.2. The summed E-state index contributed by atoms with van der Waals surface area (Å²) in [5, 5.41) is 1.05. The predicted octanol–water partition coefficient (Wildman–Crippen LogP) is 0.250. The van der Waals surface area contributed by atoms with Crippen LogP contribution in [0.4, 0.5) is 0 Å². The summed E-state index contributed by atoms with van der Waals surface area (Å²) in [6, 6.07) is 0. The molecular weight excluding hydrogens is 132 g/mol. The molecule has 3 heteroatoms. The third-order valence-electron chi connectivity index (χ3n) is 1.000. The molecule has 0 aromatic rings. The summed E-state index contributed by atoms with van der Waals surface area (Å²) >= 11 is 4.32. The molecule has 54 valence electrons. The van der Waals surface area contributed by atoms with Gasteiger partial charge in [0.25, 0.3) is 0 Å². The Morgan fingerprint density at radius 2 is 1.56 bits per heavy atom. The van der Waals surface area contributed by atoms with E-state index in [0.29, 0.717) is 0 Å². The van der Waals surface area contributed by atoms with Gasteiger partial charge >= 0.3 is 5.17 Å². The van der Waals surface area contributed by atoms with Crippen LogP contribution >= 0.6 is 12.6 Å². The minimum absolute atomic E-state index is 0.774. The highest BCUT2D eigenvalue weighted by Crippen LogP contribution is 1.96. The van der Waals surface area contributed by atoms with Crippen molar-refractivity contribution in [3.05, 3.63) is 0 Å². The second kappa shape index (κ2) is 2.71. The highest BCUT2D eigenvalue weighted by Gasteiger charge is 2.20. The molecule has 0 aromatic heterocycles. The minimum atomic E-state index is 0.774. The van der Waals surface area contributed by atoms with Gasteiger partial charge in [0, 0.05) is 0 Å². The standard InChI is InChI=1S/C6H15N2S/c1-7(2)6(9)8(3,4)5/h1-5H3/q+1/p+1. The summed E-state index contributed by atoms with van der Waals surface area (Å²) in [6.45, 7) is 0. The maximum atomic E-state index is 4.32. The molecule has 0 amide bonds. The number of hydrogen-bond acceptors (Lipinski definition) is 0. The van der Waals surface area contributed by atoms with Crippen LogP contribution in [-0.2, 0) is 0 Å². The molecule has 9 heavy (non-hydrogen) atoms. The topological polar surface area (TPSA) is 3.01 Å². The van der Waals surface area contributed by atoms with Gasteiger partial charge in [-0.2, -0.15) is 4.58 Å². The monoisotopic (exact) mass is 148 g/mol. The fourth-order valence-electron chi connectivity index (χ4n) is 0.600. The van der Waals surface area contributed by atoms with Crippen molar-refractivity contribution in [2.45, 2.75) is 0 Å². The van der Waals surface area contributed by atoms with Crippen LogP contribution in [-0.4, -0.2) is 49.5 Å². The van der Waals surface area contributed by atoms with Gasteiger partial charge < -0.3 is 0 Å². The largest absolute Gasteiger partial charge is 0.396 e. The quantitative estimate of drug-likeness (QED) is 0.165. The number of thiol groups is 1. The van der Waals surface area contributed by atoms with E-state index in [-0.39, 0.29) is 0 Å². The van der Waals surface area contributed by atoms with Crippen LogP contribution in [0, 0.1) is 0 Å². The molecule has 0 bridgehead atoms. The Morgan fingerprint density at radius 1 is 1.22 bits per heavy atom.